The molecule has 0 amide bonds. The van der Waals surface area contributed by atoms with Crippen molar-refractivity contribution in [3.8, 4) is 0 Å². The van der Waals surface area contributed by atoms with Crippen molar-refractivity contribution < 1.29 is 13.2 Å². The van der Waals surface area contributed by atoms with Gasteiger partial charge in [-0.25, -0.2) is 4.98 Å². The lowest BCUT2D eigenvalue weighted by Gasteiger charge is -2.31. The minimum atomic E-state index is -4.15. The first-order valence-electron chi connectivity index (χ1n) is 5.20. The van der Waals surface area contributed by atoms with Crippen molar-refractivity contribution in [2.45, 2.75) is 37.8 Å². The van der Waals surface area contributed by atoms with Gasteiger partial charge in [0.2, 0.25) is 4.77 Å². The third-order valence-corrected chi connectivity index (χ3v) is 3.25. The van der Waals surface area contributed by atoms with Crippen LogP contribution in [0.5, 0.6) is 0 Å². The quantitative estimate of drug-likeness (QED) is 0.752. The predicted molar refractivity (Wildman–Crippen MR) is 54.5 cm³/mol. The maximum absolute atomic E-state index is 12.8. The van der Waals surface area contributed by atoms with E-state index in [4.69, 9.17) is 12.2 Å². The minimum absolute atomic E-state index is 0.182. The highest BCUT2D eigenvalue weighted by atomic mass is 32.1. The first kappa shape index (κ1) is 11.6. The fourth-order valence-corrected chi connectivity index (χ4v) is 2.46. The molecule has 2 atom stereocenters. The van der Waals surface area contributed by atoms with Gasteiger partial charge in [0.05, 0.1) is 5.92 Å². The van der Waals surface area contributed by atoms with Crippen molar-refractivity contribution in [1.82, 2.24) is 15.2 Å². The Hall–Kier alpha value is -0.850. The molecule has 0 aromatic carbocycles. The van der Waals surface area contributed by atoms with Gasteiger partial charge in [-0.05, 0) is 25.1 Å². The van der Waals surface area contributed by atoms with Gasteiger partial charge in [0.25, 0.3) is 0 Å². The number of aromatic amines is 2. The van der Waals surface area contributed by atoms with E-state index in [-0.39, 0.29) is 11.2 Å². The average Bonchev–Trinajstić information content (AvgIpc) is 2.64. The standard InChI is InChI=1S/C9H12F3N3S/c10-9(11,12)6-4-2-1-3-5(6)7-13-8(16)15-14-7/h5-6H,1-4H2,(H2,13,14,15,16). The second kappa shape index (κ2) is 4.20. The van der Waals surface area contributed by atoms with Crippen LogP contribution in [0.4, 0.5) is 13.2 Å². The van der Waals surface area contributed by atoms with E-state index in [0.29, 0.717) is 18.7 Å². The van der Waals surface area contributed by atoms with Crippen molar-refractivity contribution >= 4 is 12.2 Å². The molecule has 16 heavy (non-hydrogen) atoms. The smallest absolute Gasteiger partial charge is 0.285 e. The monoisotopic (exact) mass is 251 g/mol. The second-order valence-electron chi connectivity index (χ2n) is 4.09. The number of aromatic nitrogens is 3. The third kappa shape index (κ3) is 2.28. The van der Waals surface area contributed by atoms with Crippen molar-refractivity contribution in [3.63, 3.8) is 0 Å². The highest BCUT2D eigenvalue weighted by Gasteiger charge is 2.46. The Morgan fingerprint density at radius 1 is 1.19 bits per heavy atom. The maximum Gasteiger partial charge on any atom is 0.392 e. The molecule has 0 bridgehead atoms. The molecule has 1 aliphatic carbocycles. The summed E-state index contributed by atoms with van der Waals surface area (Å²) in [6.07, 6.45) is -2.02. The van der Waals surface area contributed by atoms with Crippen LogP contribution in [-0.2, 0) is 0 Å². The molecule has 2 unspecified atom stereocenters. The molecule has 1 saturated carbocycles. The molecule has 1 fully saturated rings. The molecule has 3 nitrogen and oxygen atoms in total. The number of halogens is 3. The summed E-state index contributed by atoms with van der Waals surface area (Å²) in [7, 11) is 0. The topological polar surface area (TPSA) is 44.5 Å². The van der Waals surface area contributed by atoms with Crippen LogP contribution in [0.2, 0.25) is 0 Å². The number of rotatable bonds is 1. The first-order valence-corrected chi connectivity index (χ1v) is 5.60. The fraction of sp³-hybridized carbons (Fsp3) is 0.778. The summed E-state index contributed by atoms with van der Waals surface area (Å²) in [4.78, 5) is 3.90. The van der Waals surface area contributed by atoms with Gasteiger partial charge >= 0.3 is 6.18 Å². The Labute approximate surface area is 95.5 Å². The van der Waals surface area contributed by atoms with Crippen LogP contribution in [0.3, 0.4) is 0 Å². The molecule has 1 aromatic heterocycles. The van der Waals surface area contributed by atoms with E-state index in [1.165, 1.54) is 0 Å². The van der Waals surface area contributed by atoms with E-state index in [9.17, 15) is 13.2 Å². The van der Waals surface area contributed by atoms with Crippen molar-refractivity contribution in [1.29, 1.82) is 0 Å². The summed E-state index contributed by atoms with van der Waals surface area (Å²) in [5.41, 5.74) is 0. The highest BCUT2D eigenvalue weighted by Crippen LogP contribution is 2.45. The van der Waals surface area contributed by atoms with E-state index in [1.807, 2.05) is 0 Å². The van der Waals surface area contributed by atoms with Crippen molar-refractivity contribution in [2.24, 2.45) is 5.92 Å². The predicted octanol–water partition coefficient (Wildman–Crippen LogP) is 3.30. The van der Waals surface area contributed by atoms with E-state index in [0.717, 1.165) is 6.42 Å². The number of hydrogen-bond acceptors (Lipinski definition) is 2. The van der Waals surface area contributed by atoms with Gasteiger partial charge in [-0.1, -0.05) is 12.8 Å². The summed E-state index contributed by atoms with van der Waals surface area (Å²) in [5.74, 6) is -1.54. The molecule has 1 aliphatic rings. The zero-order valence-electron chi connectivity index (χ0n) is 8.47. The Balaban J connectivity index is 2.26. The van der Waals surface area contributed by atoms with Crippen LogP contribution in [0.1, 0.15) is 37.4 Å². The maximum atomic E-state index is 12.8. The molecule has 7 heteroatoms. The number of nitrogens with one attached hydrogen (secondary N) is 2. The Morgan fingerprint density at radius 2 is 1.88 bits per heavy atom. The van der Waals surface area contributed by atoms with E-state index < -0.39 is 18.0 Å². The van der Waals surface area contributed by atoms with Gasteiger partial charge in [0.15, 0.2) is 0 Å². The fourth-order valence-electron chi connectivity index (χ4n) is 2.31. The average molecular weight is 251 g/mol. The summed E-state index contributed by atoms with van der Waals surface area (Å²) < 4.78 is 38.6. The molecule has 2 rings (SSSR count). The third-order valence-electron chi connectivity index (χ3n) is 3.06. The number of H-pyrrole nitrogens is 2. The summed E-state index contributed by atoms with van der Waals surface area (Å²) in [6.45, 7) is 0. The lowest BCUT2D eigenvalue weighted by molar-refractivity contribution is -0.187. The summed E-state index contributed by atoms with van der Waals surface area (Å²) in [6, 6.07) is 0. The van der Waals surface area contributed by atoms with Gasteiger partial charge in [0, 0.05) is 5.92 Å². The molecule has 0 aliphatic heterocycles. The molecule has 1 heterocycles. The van der Waals surface area contributed by atoms with Gasteiger partial charge in [0.1, 0.15) is 5.82 Å². The van der Waals surface area contributed by atoms with Crippen LogP contribution in [0, 0.1) is 10.7 Å². The molecule has 0 spiro atoms. The molecule has 90 valence electrons. The molecule has 2 N–H and O–H groups in total. The Bertz CT molecular complexity index is 409. The minimum Gasteiger partial charge on any atom is -0.285 e. The highest BCUT2D eigenvalue weighted by molar-refractivity contribution is 7.71. The summed E-state index contributed by atoms with van der Waals surface area (Å²) in [5, 5.41) is 5.19. The van der Waals surface area contributed by atoms with E-state index in [1.54, 1.807) is 0 Å². The van der Waals surface area contributed by atoms with Crippen LogP contribution >= 0.6 is 12.2 Å². The Kier molecular flexibility index (Phi) is 3.05. The van der Waals surface area contributed by atoms with Crippen molar-refractivity contribution in [3.05, 3.63) is 10.6 Å². The number of hydrogen-bond donors (Lipinski definition) is 2. The van der Waals surface area contributed by atoms with E-state index in [2.05, 4.69) is 15.2 Å². The lowest BCUT2D eigenvalue weighted by atomic mass is 9.78. The van der Waals surface area contributed by atoms with Crippen LogP contribution in [-0.4, -0.2) is 21.4 Å². The lowest BCUT2D eigenvalue weighted by Crippen LogP contribution is -2.32. The van der Waals surface area contributed by atoms with Gasteiger partial charge in [-0.3, -0.25) is 10.2 Å². The molecular formula is C9H12F3N3S. The largest absolute Gasteiger partial charge is 0.392 e. The van der Waals surface area contributed by atoms with Gasteiger partial charge in [-0.15, -0.1) is 0 Å². The van der Waals surface area contributed by atoms with E-state index >= 15 is 0 Å². The van der Waals surface area contributed by atoms with Crippen LogP contribution in [0.15, 0.2) is 0 Å². The zero-order chi connectivity index (χ0) is 11.8. The second-order valence-corrected chi connectivity index (χ2v) is 4.48. The summed E-state index contributed by atoms with van der Waals surface area (Å²) >= 11 is 4.76. The van der Waals surface area contributed by atoms with Gasteiger partial charge < -0.3 is 0 Å². The molecular weight excluding hydrogens is 239 g/mol. The normalized spacial score (nSPS) is 26.9. The first-order chi connectivity index (χ1) is 7.48. The van der Waals surface area contributed by atoms with Crippen LogP contribution < -0.4 is 0 Å². The molecule has 0 radical (unpaired) electrons. The van der Waals surface area contributed by atoms with Crippen LogP contribution in [0.25, 0.3) is 0 Å². The zero-order valence-corrected chi connectivity index (χ0v) is 9.29. The SMILES string of the molecule is FC(F)(F)C1CCCCC1c1nc(=S)[nH][nH]1. The van der Waals surface area contributed by atoms with Gasteiger partial charge in [-0.2, -0.15) is 13.2 Å². The van der Waals surface area contributed by atoms with Crippen molar-refractivity contribution in [2.75, 3.05) is 0 Å². The molecule has 0 saturated heterocycles. The Morgan fingerprint density at radius 3 is 2.44 bits per heavy atom. The molecule has 1 aromatic rings. The number of nitrogens with zero attached hydrogens (tertiary/aromatic N) is 1. The number of alkyl halides is 3.